The minimum absolute atomic E-state index is 0.116. The molecule has 1 N–H and O–H groups in total. The van der Waals surface area contributed by atoms with Crippen LogP contribution in [-0.4, -0.2) is 26.2 Å². The molecule has 0 atom stereocenters. The molecule has 4 aromatic rings. The van der Waals surface area contributed by atoms with Crippen molar-refractivity contribution in [2.75, 3.05) is 11.1 Å². The molecule has 0 saturated carbocycles. The quantitative estimate of drug-likeness (QED) is 0.391. The van der Waals surface area contributed by atoms with E-state index in [0.717, 1.165) is 16.8 Å². The Morgan fingerprint density at radius 3 is 2.63 bits per heavy atom. The summed E-state index contributed by atoms with van der Waals surface area (Å²) < 4.78 is 1.53. The highest BCUT2D eigenvalue weighted by Crippen LogP contribution is 2.22. The predicted molar refractivity (Wildman–Crippen MR) is 120 cm³/mol. The van der Waals surface area contributed by atoms with Crippen molar-refractivity contribution in [3.05, 3.63) is 88.3 Å². The van der Waals surface area contributed by atoms with Gasteiger partial charge in [-0.3, -0.25) is 14.2 Å². The number of benzene rings is 2. The third kappa shape index (κ3) is 4.11. The number of pyridine rings is 1. The van der Waals surface area contributed by atoms with Gasteiger partial charge < -0.3 is 5.32 Å². The van der Waals surface area contributed by atoms with Gasteiger partial charge in [0.05, 0.1) is 16.8 Å². The molecule has 0 aliphatic heterocycles. The van der Waals surface area contributed by atoms with E-state index in [9.17, 15) is 9.59 Å². The van der Waals surface area contributed by atoms with Crippen molar-refractivity contribution in [1.82, 2.24) is 14.5 Å². The molecule has 1 amide bonds. The predicted octanol–water partition coefficient (Wildman–Crippen LogP) is 4.13. The lowest BCUT2D eigenvalue weighted by atomic mass is 10.1. The Balaban J connectivity index is 1.65. The van der Waals surface area contributed by atoms with E-state index in [1.807, 2.05) is 62.4 Å². The smallest absolute Gasteiger partial charge is 0.268 e. The van der Waals surface area contributed by atoms with Gasteiger partial charge in [-0.05, 0) is 49.7 Å². The molecule has 0 spiro atoms. The van der Waals surface area contributed by atoms with Crippen molar-refractivity contribution in [1.29, 1.82) is 0 Å². The standard InChI is InChI=1S/C23H20N4O2S/c1-15-10-11-19(16(2)13-15)25-20(28)14-30-23-26-21-18(9-6-12-24-21)22(29)27(23)17-7-4-3-5-8-17/h3-13H,14H2,1-2H3,(H,25,28). The van der Waals surface area contributed by atoms with Gasteiger partial charge in [-0.2, -0.15) is 0 Å². The highest BCUT2D eigenvalue weighted by molar-refractivity contribution is 7.99. The van der Waals surface area contributed by atoms with E-state index < -0.39 is 0 Å². The second kappa shape index (κ2) is 8.51. The van der Waals surface area contributed by atoms with Gasteiger partial charge >= 0.3 is 0 Å². The average molecular weight is 417 g/mol. The number of aryl methyl sites for hydroxylation is 2. The maximum atomic E-state index is 13.1. The maximum Gasteiger partial charge on any atom is 0.268 e. The number of anilines is 1. The first kappa shape index (κ1) is 19.8. The van der Waals surface area contributed by atoms with Crippen molar-refractivity contribution in [3.63, 3.8) is 0 Å². The average Bonchev–Trinajstić information content (AvgIpc) is 2.75. The zero-order chi connectivity index (χ0) is 21.1. The van der Waals surface area contributed by atoms with Crippen LogP contribution in [0.2, 0.25) is 0 Å². The first-order valence-corrected chi connectivity index (χ1v) is 10.4. The van der Waals surface area contributed by atoms with E-state index in [1.165, 1.54) is 16.3 Å². The number of carbonyl (C=O) groups is 1. The number of carbonyl (C=O) groups excluding carboxylic acids is 1. The molecule has 0 aliphatic carbocycles. The third-order valence-corrected chi connectivity index (χ3v) is 5.55. The number of fused-ring (bicyclic) bond motifs is 1. The third-order valence-electron chi connectivity index (χ3n) is 4.62. The fourth-order valence-electron chi connectivity index (χ4n) is 3.17. The molecule has 6 nitrogen and oxygen atoms in total. The molecule has 7 heteroatoms. The van der Waals surface area contributed by atoms with E-state index in [4.69, 9.17) is 0 Å². The number of hydrogen-bond donors (Lipinski definition) is 1. The van der Waals surface area contributed by atoms with Crippen LogP contribution in [0.25, 0.3) is 16.7 Å². The summed E-state index contributed by atoms with van der Waals surface area (Å²) in [7, 11) is 0. The molecular formula is C23H20N4O2S. The van der Waals surface area contributed by atoms with E-state index in [1.54, 1.807) is 18.3 Å². The van der Waals surface area contributed by atoms with Gasteiger partial charge in [0.25, 0.3) is 5.56 Å². The van der Waals surface area contributed by atoms with Gasteiger partial charge in [0.1, 0.15) is 0 Å². The number of aromatic nitrogens is 3. The molecule has 2 heterocycles. The lowest BCUT2D eigenvalue weighted by Gasteiger charge is -2.13. The van der Waals surface area contributed by atoms with Gasteiger partial charge in [0.15, 0.2) is 10.8 Å². The minimum Gasteiger partial charge on any atom is -0.325 e. The number of amides is 1. The number of nitrogens with zero attached hydrogens (tertiary/aromatic N) is 3. The maximum absolute atomic E-state index is 13.1. The zero-order valence-corrected chi connectivity index (χ0v) is 17.4. The molecule has 0 unspecified atom stereocenters. The summed E-state index contributed by atoms with van der Waals surface area (Å²) in [5.41, 5.74) is 3.77. The number of para-hydroxylation sites is 1. The topological polar surface area (TPSA) is 76.9 Å². The number of nitrogens with one attached hydrogen (secondary N) is 1. The summed E-state index contributed by atoms with van der Waals surface area (Å²) in [5.74, 6) is -0.0489. The van der Waals surface area contributed by atoms with Crippen LogP contribution in [0.1, 0.15) is 11.1 Å². The lowest BCUT2D eigenvalue weighted by Crippen LogP contribution is -2.23. The summed E-state index contributed by atoms with van der Waals surface area (Å²) in [5, 5.41) is 3.79. The second-order valence-electron chi connectivity index (χ2n) is 6.90. The van der Waals surface area contributed by atoms with Crippen molar-refractivity contribution >= 4 is 34.4 Å². The molecule has 0 saturated heterocycles. The summed E-state index contributed by atoms with van der Waals surface area (Å²) >= 11 is 1.21. The van der Waals surface area contributed by atoms with Crippen LogP contribution in [0.15, 0.2) is 76.8 Å². The van der Waals surface area contributed by atoms with Crippen LogP contribution in [-0.2, 0) is 4.79 Å². The van der Waals surface area contributed by atoms with Crippen LogP contribution in [0, 0.1) is 13.8 Å². The Morgan fingerprint density at radius 1 is 1.07 bits per heavy atom. The van der Waals surface area contributed by atoms with Crippen molar-refractivity contribution in [2.45, 2.75) is 19.0 Å². The Labute approximate surface area is 178 Å². The number of thioether (sulfide) groups is 1. The van der Waals surface area contributed by atoms with Crippen LogP contribution in [0.4, 0.5) is 5.69 Å². The highest BCUT2D eigenvalue weighted by atomic mass is 32.2. The monoisotopic (exact) mass is 416 g/mol. The van der Waals surface area contributed by atoms with E-state index in [-0.39, 0.29) is 17.2 Å². The van der Waals surface area contributed by atoms with Gasteiger partial charge in [0, 0.05) is 11.9 Å². The minimum atomic E-state index is -0.211. The fourth-order valence-corrected chi connectivity index (χ4v) is 3.97. The van der Waals surface area contributed by atoms with Crippen LogP contribution >= 0.6 is 11.8 Å². The first-order chi connectivity index (χ1) is 14.5. The largest absolute Gasteiger partial charge is 0.325 e. The Hall–Kier alpha value is -3.45. The van der Waals surface area contributed by atoms with E-state index in [2.05, 4.69) is 15.3 Å². The van der Waals surface area contributed by atoms with Gasteiger partial charge in [-0.15, -0.1) is 0 Å². The molecule has 0 radical (unpaired) electrons. The zero-order valence-electron chi connectivity index (χ0n) is 16.6. The molecular weight excluding hydrogens is 396 g/mol. The number of hydrogen-bond acceptors (Lipinski definition) is 5. The Morgan fingerprint density at radius 2 is 1.87 bits per heavy atom. The number of rotatable bonds is 5. The molecule has 2 aromatic heterocycles. The van der Waals surface area contributed by atoms with Crippen LogP contribution in [0.3, 0.4) is 0 Å². The van der Waals surface area contributed by atoms with Crippen LogP contribution < -0.4 is 10.9 Å². The van der Waals surface area contributed by atoms with Crippen LogP contribution in [0.5, 0.6) is 0 Å². The highest BCUT2D eigenvalue weighted by Gasteiger charge is 2.15. The first-order valence-electron chi connectivity index (χ1n) is 9.46. The van der Waals surface area contributed by atoms with Crippen molar-refractivity contribution in [2.24, 2.45) is 0 Å². The molecule has 0 bridgehead atoms. The SMILES string of the molecule is Cc1ccc(NC(=O)CSc2nc3ncccc3c(=O)n2-c2ccccc2)c(C)c1. The Kier molecular flexibility index (Phi) is 5.63. The summed E-state index contributed by atoms with van der Waals surface area (Å²) in [6, 6.07) is 18.6. The molecule has 150 valence electrons. The fraction of sp³-hybridized carbons (Fsp3) is 0.130. The van der Waals surface area contributed by atoms with Crippen molar-refractivity contribution < 1.29 is 4.79 Å². The summed E-state index contributed by atoms with van der Waals surface area (Å²) in [6.07, 6.45) is 1.60. The van der Waals surface area contributed by atoms with E-state index in [0.29, 0.717) is 21.9 Å². The van der Waals surface area contributed by atoms with Gasteiger partial charge in [0.2, 0.25) is 5.91 Å². The van der Waals surface area contributed by atoms with Crippen molar-refractivity contribution in [3.8, 4) is 5.69 Å². The molecule has 2 aromatic carbocycles. The molecule has 0 fully saturated rings. The Bertz CT molecular complexity index is 1290. The van der Waals surface area contributed by atoms with Gasteiger partial charge in [-0.1, -0.05) is 47.7 Å². The molecule has 4 rings (SSSR count). The molecule has 30 heavy (non-hydrogen) atoms. The van der Waals surface area contributed by atoms with Gasteiger partial charge in [-0.25, -0.2) is 9.97 Å². The lowest BCUT2D eigenvalue weighted by molar-refractivity contribution is -0.113. The normalized spacial score (nSPS) is 10.9. The van der Waals surface area contributed by atoms with E-state index >= 15 is 0 Å². The summed E-state index contributed by atoms with van der Waals surface area (Å²) in [6.45, 7) is 3.97. The summed E-state index contributed by atoms with van der Waals surface area (Å²) in [4.78, 5) is 34.5. The second-order valence-corrected chi connectivity index (χ2v) is 7.84. The molecule has 0 aliphatic rings.